The van der Waals surface area contributed by atoms with E-state index in [-0.39, 0.29) is 0 Å². The molecule has 24 heavy (non-hydrogen) atoms. The Bertz CT molecular complexity index is 993. The van der Waals surface area contributed by atoms with Crippen molar-refractivity contribution in [2.24, 2.45) is 0 Å². The third-order valence-corrected chi connectivity index (χ3v) is 4.47. The zero-order valence-electron chi connectivity index (χ0n) is 14.9. The van der Waals surface area contributed by atoms with Gasteiger partial charge < -0.3 is 0 Å². The van der Waals surface area contributed by atoms with Crippen LogP contribution in [0.15, 0.2) is 72.8 Å². The van der Waals surface area contributed by atoms with E-state index in [1.807, 2.05) is 0 Å². The van der Waals surface area contributed by atoms with Crippen molar-refractivity contribution in [3.63, 3.8) is 0 Å². The van der Waals surface area contributed by atoms with Crippen molar-refractivity contribution in [3.8, 4) is 0 Å². The first-order valence-corrected chi connectivity index (χ1v) is 8.46. The van der Waals surface area contributed by atoms with Gasteiger partial charge in [-0.25, -0.2) is 0 Å². The molecule has 0 saturated carbocycles. The molecular formula is C24H24. The maximum Gasteiger partial charge on any atom is -0.0152 e. The Morgan fingerprint density at radius 2 is 1.21 bits per heavy atom. The van der Waals surface area contributed by atoms with Crippen molar-refractivity contribution in [3.05, 3.63) is 95.1 Å². The van der Waals surface area contributed by atoms with Gasteiger partial charge in [0.2, 0.25) is 0 Å². The summed E-state index contributed by atoms with van der Waals surface area (Å²) in [6.07, 6.45) is 0. The number of rotatable bonds is 0. The van der Waals surface area contributed by atoms with Gasteiger partial charge in [0.1, 0.15) is 0 Å². The van der Waals surface area contributed by atoms with Gasteiger partial charge in [-0.05, 0) is 60.4 Å². The Morgan fingerprint density at radius 3 is 2.04 bits per heavy atom. The van der Waals surface area contributed by atoms with Crippen LogP contribution in [0.5, 0.6) is 0 Å². The SMILES string of the molecule is Cc1cc(C)c2ccccc2c1.Cc1ccc2cccc(C)c2c1. The third kappa shape index (κ3) is 3.49. The van der Waals surface area contributed by atoms with E-state index in [0.717, 1.165) is 0 Å². The van der Waals surface area contributed by atoms with Crippen LogP contribution in [-0.4, -0.2) is 0 Å². The van der Waals surface area contributed by atoms with Gasteiger partial charge in [0.15, 0.2) is 0 Å². The maximum atomic E-state index is 2.24. The summed E-state index contributed by atoms with van der Waals surface area (Å²) in [6.45, 7) is 8.59. The Hall–Kier alpha value is -2.60. The summed E-state index contributed by atoms with van der Waals surface area (Å²) in [5.74, 6) is 0. The van der Waals surface area contributed by atoms with Crippen LogP contribution in [0.3, 0.4) is 0 Å². The summed E-state index contributed by atoms with van der Waals surface area (Å²) in [5, 5.41) is 5.41. The highest BCUT2D eigenvalue weighted by Gasteiger charge is 1.96. The summed E-state index contributed by atoms with van der Waals surface area (Å²) in [4.78, 5) is 0. The zero-order valence-corrected chi connectivity index (χ0v) is 14.9. The fourth-order valence-corrected chi connectivity index (χ4v) is 3.23. The number of fused-ring (bicyclic) bond motifs is 2. The van der Waals surface area contributed by atoms with E-state index in [4.69, 9.17) is 0 Å². The van der Waals surface area contributed by atoms with Crippen molar-refractivity contribution in [1.29, 1.82) is 0 Å². The molecule has 0 aliphatic rings. The lowest BCUT2D eigenvalue weighted by atomic mass is 10.0. The fraction of sp³-hybridized carbons (Fsp3) is 0.167. The molecular weight excluding hydrogens is 288 g/mol. The van der Waals surface area contributed by atoms with Gasteiger partial charge in [0.25, 0.3) is 0 Å². The van der Waals surface area contributed by atoms with Crippen LogP contribution in [-0.2, 0) is 0 Å². The summed E-state index contributed by atoms with van der Waals surface area (Å²) in [7, 11) is 0. The molecule has 120 valence electrons. The molecule has 4 rings (SSSR count). The normalized spacial score (nSPS) is 10.5. The van der Waals surface area contributed by atoms with E-state index in [0.29, 0.717) is 0 Å². The summed E-state index contributed by atoms with van der Waals surface area (Å²) in [6, 6.07) is 25.9. The van der Waals surface area contributed by atoms with Gasteiger partial charge >= 0.3 is 0 Å². The lowest BCUT2D eigenvalue weighted by molar-refractivity contribution is 1.43. The Labute approximate surface area is 144 Å². The van der Waals surface area contributed by atoms with Crippen LogP contribution in [0.4, 0.5) is 0 Å². The molecule has 0 bridgehead atoms. The standard InChI is InChI=1S/2C12H12/c1-9-6-7-11-5-3-4-10(2)12(11)8-9;1-9-7-10(2)12-6-4-3-5-11(12)8-9/h2*3-8H,1-2H3. The first-order chi connectivity index (χ1) is 11.5. The minimum atomic E-state index is 1.33. The van der Waals surface area contributed by atoms with E-state index in [1.165, 1.54) is 43.8 Å². The quantitative estimate of drug-likeness (QED) is 0.331. The van der Waals surface area contributed by atoms with Gasteiger partial charge in [-0.15, -0.1) is 0 Å². The van der Waals surface area contributed by atoms with Gasteiger partial charge in [0.05, 0.1) is 0 Å². The second-order valence-electron chi connectivity index (χ2n) is 6.60. The topological polar surface area (TPSA) is 0 Å². The number of aryl methyl sites for hydroxylation is 4. The van der Waals surface area contributed by atoms with Crippen LogP contribution < -0.4 is 0 Å². The highest BCUT2D eigenvalue weighted by Crippen LogP contribution is 2.20. The van der Waals surface area contributed by atoms with Crippen LogP contribution >= 0.6 is 0 Å². The van der Waals surface area contributed by atoms with Crippen LogP contribution in [0.25, 0.3) is 21.5 Å². The predicted molar refractivity (Wildman–Crippen MR) is 107 cm³/mol. The average Bonchev–Trinajstić information content (AvgIpc) is 2.56. The zero-order chi connectivity index (χ0) is 17.1. The smallest absolute Gasteiger partial charge is 0.0152 e. The molecule has 0 N–H and O–H groups in total. The first-order valence-electron chi connectivity index (χ1n) is 8.46. The van der Waals surface area contributed by atoms with E-state index in [2.05, 4.69) is 100 Å². The molecule has 0 unspecified atom stereocenters. The predicted octanol–water partition coefficient (Wildman–Crippen LogP) is 6.91. The number of hydrogen-bond donors (Lipinski definition) is 0. The molecule has 4 aromatic carbocycles. The molecule has 0 aliphatic carbocycles. The molecule has 0 atom stereocenters. The molecule has 0 nitrogen and oxygen atoms in total. The minimum absolute atomic E-state index is 1.33. The lowest BCUT2D eigenvalue weighted by Crippen LogP contribution is -1.80. The summed E-state index contributed by atoms with van der Waals surface area (Å²) < 4.78 is 0. The fourth-order valence-electron chi connectivity index (χ4n) is 3.23. The Balaban J connectivity index is 0.000000141. The summed E-state index contributed by atoms with van der Waals surface area (Å²) >= 11 is 0. The number of benzene rings is 4. The molecule has 0 spiro atoms. The first kappa shape index (κ1) is 16.3. The second kappa shape index (κ2) is 6.88. The minimum Gasteiger partial charge on any atom is -0.0616 e. The highest BCUT2D eigenvalue weighted by atomic mass is 14.0. The molecule has 0 aliphatic heterocycles. The van der Waals surface area contributed by atoms with Gasteiger partial charge in [0, 0.05) is 0 Å². The molecule has 0 amide bonds. The van der Waals surface area contributed by atoms with Crippen molar-refractivity contribution in [1.82, 2.24) is 0 Å². The van der Waals surface area contributed by atoms with Crippen LogP contribution in [0, 0.1) is 27.7 Å². The third-order valence-electron chi connectivity index (χ3n) is 4.47. The number of hydrogen-bond acceptors (Lipinski definition) is 0. The van der Waals surface area contributed by atoms with E-state index in [1.54, 1.807) is 0 Å². The molecule has 4 aromatic rings. The van der Waals surface area contributed by atoms with Crippen molar-refractivity contribution < 1.29 is 0 Å². The Morgan fingerprint density at radius 1 is 0.458 bits per heavy atom. The maximum absolute atomic E-state index is 2.24. The van der Waals surface area contributed by atoms with E-state index < -0.39 is 0 Å². The van der Waals surface area contributed by atoms with Crippen molar-refractivity contribution >= 4 is 21.5 Å². The molecule has 0 heteroatoms. The lowest BCUT2D eigenvalue weighted by Gasteiger charge is -2.02. The summed E-state index contributed by atoms with van der Waals surface area (Å²) in [5.41, 5.74) is 5.39. The van der Waals surface area contributed by atoms with Crippen molar-refractivity contribution in [2.75, 3.05) is 0 Å². The average molecular weight is 312 g/mol. The molecule has 0 heterocycles. The van der Waals surface area contributed by atoms with Crippen LogP contribution in [0.2, 0.25) is 0 Å². The molecule has 0 radical (unpaired) electrons. The van der Waals surface area contributed by atoms with Crippen LogP contribution in [0.1, 0.15) is 22.3 Å². The van der Waals surface area contributed by atoms with Gasteiger partial charge in [-0.2, -0.15) is 0 Å². The second-order valence-corrected chi connectivity index (χ2v) is 6.60. The van der Waals surface area contributed by atoms with Gasteiger partial charge in [-0.1, -0.05) is 83.9 Å². The molecule has 0 saturated heterocycles. The van der Waals surface area contributed by atoms with E-state index in [9.17, 15) is 0 Å². The van der Waals surface area contributed by atoms with Crippen molar-refractivity contribution in [2.45, 2.75) is 27.7 Å². The molecule has 0 fully saturated rings. The van der Waals surface area contributed by atoms with Gasteiger partial charge in [-0.3, -0.25) is 0 Å². The molecule has 0 aromatic heterocycles. The highest BCUT2D eigenvalue weighted by molar-refractivity contribution is 5.86. The van der Waals surface area contributed by atoms with E-state index >= 15 is 0 Å². The largest absolute Gasteiger partial charge is 0.0616 e. The Kier molecular flexibility index (Phi) is 4.66. The monoisotopic (exact) mass is 312 g/mol.